The van der Waals surface area contributed by atoms with E-state index in [-0.39, 0.29) is 20.4 Å². The second-order valence-corrected chi connectivity index (χ2v) is 8.84. The molecule has 0 amide bonds. The summed E-state index contributed by atoms with van der Waals surface area (Å²) in [6.45, 7) is 6.47. The minimum atomic E-state index is -3.70. The molecule has 0 heterocycles. The standard InChI is InChI=1S/C12H16BrCl2NO2S/c1-12(2,3)4-5-16-19(17,18)11-9(14)6-8(13)7-10(11)15/h6-7,16H,4-5H2,1-3H3. The number of hydrogen-bond donors (Lipinski definition) is 1. The van der Waals surface area contributed by atoms with E-state index in [2.05, 4.69) is 20.7 Å². The second kappa shape index (κ2) is 6.31. The maximum atomic E-state index is 12.2. The maximum Gasteiger partial charge on any atom is 0.243 e. The van der Waals surface area contributed by atoms with Crippen molar-refractivity contribution in [2.75, 3.05) is 6.54 Å². The van der Waals surface area contributed by atoms with Gasteiger partial charge in [0, 0.05) is 11.0 Å². The van der Waals surface area contributed by atoms with Crippen molar-refractivity contribution < 1.29 is 8.42 Å². The molecule has 1 aromatic rings. The Kier molecular flexibility index (Phi) is 5.72. The first-order valence-electron chi connectivity index (χ1n) is 5.67. The molecule has 0 aliphatic carbocycles. The molecule has 0 bridgehead atoms. The third kappa shape index (κ3) is 5.23. The molecule has 0 spiro atoms. The van der Waals surface area contributed by atoms with E-state index in [1.54, 1.807) is 0 Å². The van der Waals surface area contributed by atoms with E-state index in [0.717, 1.165) is 6.42 Å². The Bertz CT molecular complexity index is 545. The van der Waals surface area contributed by atoms with Gasteiger partial charge in [-0.25, -0.2) is 13.1 Å². The average molecular weight is 389 g/mol. The molecule has 0 unspecified atom stereocenters. The summed E-state index contributed by atoms with van der Waals surface area (Å²) in [5, 5.41) is 0.199. The third-order valence-electron chi connectivity index (χ3n) is 2.40. The summed E-state index contributed by atoms with van der Waals surface area (Å²) in [5.74, 6) is 0. The van der Waals surface area contributed by atoms with Crippen molar-refractivity contribution in [1.82, 2.24) is 4.72 Å². The minimum Gasteiger partial charge on any atom is -0.211 e. The zero-order valence-electron chi connectivity index (χ0n) is 10.9. The Hall–Kier alpha value is 0.190. The van der Waals surface area contributed by atoms with E-state index < -0.39 is 10.0 Å². The first-order valence-corrected chi connectivity index (χ1v) is 8.70. The fraction of sp³-hybridized carbons (Fsp3) is 0.500. The molecule has 1 rings (SSSR count). The smallest absolute Gasteiger partial charge is 0.211 e. The normalized spacial score (nSPS) is 12.7. The lowest BCUT2D eigenvalue weighted by Gasteiger charge is -2.18. The van der Waals surface area contributed by atoms with Gasteiger partial charge in [0.1, 0.15) is 4.90 Å². The van der Waals surface area contributed by atoms with Gasteiger partial charge in [0.05, 0.1) is 10.0 Å². The monoisotopic (exact) mass is 387 g/mol. The van der Waals surface area contributed by atoms with Gasteiger partial charge in [-0.15, -0.1) is 0 Å². The molecule has 1 aromatic carbocycles. The zero-order valence-corrected chi connectivity index (χ0v) is 14.8. The van der Waals surface area contributed by atoms with Gasteiger partial charge in [0.2, 0.25) is 10.0 Å². The first-order chi connectivity index (χ1) is 8.53. The molecule has 0 atom stereocenters. The predicted molar refractivity (Wildman–Crippen MR) is 83.4 cm³/mol. The molecular formula is C12H16BrCl2NO2S. The van der Waals surface area contributed by atoms with E-state index in [1.165, 1.54) is 12.1 Å². The number of sulfonamides is 1. The van der Waals surface area contributed by atoms with Crippen LogP contribution in [0.15, 0.2) is 21.5 Å². The van der Waals surface area contributed by atoms with E-state index in [9.17, 15) is 8.42 Å². The molecule has 19 heavy (non-hydrogen) atoms. The average Bonchev–Trinajstić information content (AvgIpc) is 2.11. The van der Waals surface area contributed by atoms with Crippen LogP contribution in [0.4, 0.5) is 0 Å². The highest BCUT2D eigenvalue weighted by molar-refractivity contribution is 9.10. The fourth-order valence-corrected chi connectivity index (χ4v) is 4.38. The van der Waals surface area contributed by atoms with Crippen LogP contribution >= 0.6 is 39.1 Å². The summed E-state index contributed by atoms with van der Waals surface area (Å²) in [6.07, 6.45) is 0.720. The van der Waals surface area contributed by atoms with Gasteiger partial charge < -0.3 is 0 Å². The van der Waals surface area contributed by atoms with Crippen molar-refractivity contribution in [2.24, 2.45) is 5.41 Å². The quantitative estimate of drug-likeness (QED) is 0.826. The van der Waals surface area contributed by atoms with Gasteiger partial charge in [-0.2, -0.15) is 0 Å². The molecule has 0 aromatic heterocycles. The summed E-state index contributed by atoms with van der Waals surface area (Å²) in [5.41, 5.74) is 0.0514. The number of hydrogen-bond acceptors (Lipinski definition) is 2. The molecule has 1 N–H and O–H groups in total. The van der Waals surface area contributed by atoms with Crippen LogP contribution in [0.3, 0.4) is 0 Å². The molecule has 0 radical (unpaired) electrons. The van der Waals surface area contributed by atoms with E-state index in [0.29, 0.717) is 11.0 Å². The van der Waals surface area contributed by atoms with Crippen molar-refractivity contribution in [3.8, 4) is 0 Å². The molecule has 0 fully saturated rings. The lowest BCUT2D eigenvalue weighted by Crippen LogP contribution is -2.28. The van der Waals surface area contributed by atoms with Crippen LogP contribution in [0.1, 0.15) is 27.2 Å². The second-order valence-electron chi connectivity index (χ2n) is 5.41. The van der Waals surface area contributed by atoms with Gasteiger partial charge in [0.25, 0.3) is 0 Å². The van der Waals surface area contributed by atoms with Crippen LogP contribution < -0.4 is 4.72 Å². The van der Waals surface area contributed by atoms with Gasteiger partial charge >= 0.3 is 0 Å². The largest absolute Gasteiger partial charge is 0.243 e. The van der Waals surface area contributed by atoms with Crippen LogP contribution in [-0.4, -0.2) is 15.0 Å². The predicted octanol–water partition coefficient (Wildman–Crippen LogP) is 4.47. The van der Waals surface area contributed by atoms with Crippen molar-refractivity contribution >= 4 is 49.2 Å². The van der Waals surface area contributed by atoms with Crippen LogP contribution in [0.2, 0.25) is 10.0 Å². The molecule has 0 aliphatic heterocycles. The summed E-state index contributed by atoms with van der Waals surface area (Å²) in [6, 6.07) is 3.01. The number of nitrogens with one attached hydrogen (secondary N) is 1. The molecule has 0 saturated heterocycles. The van der Waals surface area contributed by atoms with Gasteiger partial charge in [0.15, 0.2) is 0 Å². The molecular weight excluding hydrogens is 373 g/mol. The summed E-state index contributed by atoms with van der Waals surface area (Å²) in [4.78, 5) is -0.0760. The molecule has 108 valence electrons. The summed E-state index contributed by atoms with van der Waals surface area (Å²) < 4.78 is 27.5. The van der Waals surface area contributed by atoms with Crippen LogP contribution in [-0.2, 0) is 10.0 Å². The van der Waals surface area contributed by atoms with Crippen molar-refractivity contribution in [1.29, 1.82) is 0 Å². The van der Waals surface area contributed by atoms with Crippen molar-refractivity contribution in [3.63, 3.8) is 0 Å². The lowest BCUT2D eigenvalue weighted by molar-refractivity contribution is 0.378. The van der Waals surface area contributed by atoms with Crippen LogP contribution in [0, 0.1) is 5.41 Å². The number of rotatable bonds is 4. The SMILES string of the molecule is CC(C)(C)CCNS(=O)(=O)c1c(Cl)cc(Br)cc1Cl. The number of halogens is 3. The minimum absolute atomic E-state index is 0.0514. The highest BCUT2D eigenvalue weighted by atomic mass is 79.9. The van der Waals surface area contributed by atoms with E-state index >= 15 is 0 Å². The lowest BCUT2D eigenvalue weighted by atomic mass is 9.93. The van der Waals surface area contributed by atoms with Crippen molar-refractivity contribution in [3.05, 3.63) is 26.7 Å². The Morgan fingerprint density at radius 2 is 1.68 bits per heavy atom. The fourth-order valence-electron chi connectivity index (χ4n) is 1.42. The van der Waals surface area contributed by atoms with E-state index in [4.69, 9.17) is 23.2 Å². The third-order valence-corrected chi connectivity index (χ3v) is 5.24. The maximum absolute atomic E-state index is 12.2. The van der Waals surface area contributed by atoms with Crippen LogP contribution in [0.25, 0.3) is 0 Å². The molecule has 0 saturated carbocycles. The zero-order chi connectivity index (χ0) is 14.8. The topological polar surface area (TPSA) is 46.2 Å². The van der Waals surface area contributed by atoms with E-state index in [1.807, 2.05) is 20.8 Å². The molecule has 0 aliphatic rings. The Balaban J connectivity index is 2.96. The first kappa shape index (κ1) is 17.2. The number of benzene rings is 1. The highest BCUT2D eigenvalue weighted by Crippen LogP contribution is 2.32. The van der Waals surface area contributed by atoms with Crippen molar-refractivity contribution in [2.45, 2.75) is 32.1 Å². The Morgan fingerprint density at radius 3 is 2.11 bits per heavy atom. The summed E-state index contributed by atoms with van der Waals surface area (Å²) >= 11 is 15.1. The summed E-state index contributed by atoms with van der Waals surface area (Å²) in [7, 11) is -3.70. The van der Waals surface area contributed by atoms with Gasteiger partial charge in [-0.3, -0.25) is 0 Å². The Morgan fingerprint density at radius 1 is 1.21 bits per heavy atom. The molecule has 3 nitrogen and oxygen atoms in total. The Labute approximate surface area is 132 Å². The highest BCUT2D eigenvalue weighted by Gasteiger charge is 2.22. The molecule has 7 heteroatoms. The van der Waals surface area contributed by atoms with Gasteiger partial charge in [-0.1, -0.05) is 59.9 Å². The van der Waals surface area contributed by atoms with Crippen LogP contribution in [0.5, 0.6) is 0 Å². The van der Waals surface area contributed by atoms with Gasteiger partial charge in [-0.05, 0) is 24.0 Å².